The van der Waals surface area contributed by atoms with Gasteiger partial charge in [0.25, 0.3) is 0 Å². The fourth-order valence-electron chi connectivity index (χ4n) is 1.17. The van der Waals surface area contributed by atoms with Gasteiger partial charge in [0.15, 0.2) is 0 Å². The van der Waals surface area contributed by atoms with Crippen LogP contribution in [-0.4, -0.2) is 37.2 Å². The van der Waals surface area contributed by atoms with Crippen LogP contribution in [0.25, 0.3) is 0 Å². The van der Waals surface area contributed by atoms with Crippen LogP contribution >= 0.6 is 0 Å². The van der Waals surface area contributed by atoms with Crippen LogP contribution in [0.15, 0.2) is 0 Å². The van der Waals surface area contributed by atoms with Gasteiger partial charge in [-0.1, -0.05) is 0 Å². The molecule has 0 aliphatic heterocycles. The highest BCUT2D eigenvalue weighted by molar-refractivity contribution is 7.88. The minimum absolute atomic E-state index is 0.194. The molecule has 1 aliphatic rings. The third-order valence-electron chi connectivity index (χ3n) is 2.63. The van der Waals surface area contributed by atoms with E-state index in [0.29, 0.717) is 0 Å². The number of carbonyl (C=O) groups excluding carboxylic acids is 1. The van der Waals surface area contributed by atoms with Crippen LogP contribution in [0.5, 0.6) is 0 Å². The molecule has 1 aliphatic carbocycles. The number of carbonyl (C=O) groups is 2. The van der Waals surface area contributed by atoms with E-state index < -0.39 is 26.8 Å². The van der Waals surface area contributed by atoms with E-state index in [2.05, 4.69) is 5.32 Å². The van der Waals surface area contributed by atoms with Crippen LogP contribution in [0.4, 0.5) is 0 Å². The Balaban J connectivity index is 2.64. The van der Waals surface area contributed by atoms with E-state index in [4.69, 9.17) is 5.11 Å². The predicted octanol–water partition coefficient (Wildman–Crippen LogP) is 0.265. The summed E-state index contributed by atoms with van der Waals surface area (Å²) >= 11 is 0. The maximum atomic E-state index is 11.9. The monoisotopic (exact) mass is 247 g/mol. The summed E-state index contributed by atoms with van der Waals surface area (Å²) in [4.78, 5) is 22.5. The van der Waals surface area contributed by atoms with Crippen molar-refractivity contribution in [2.45, 2.75) is 49.7 Å². The number of amides is 1. The Labute approximate surface area is 97.1 Å². The number of rotatable bonds is 5. The highest BCUT2D eigenvalue weighted by atomic mass is 32.2. The lowest BCUT2D eigenvalue weighted by atomic mass is 10.2. The van der Waals surface area contributed by atoms with Crippen LogP contribution < -0.4 is 5.32 Å². The summed E-state index contributed by atoms with van der Waals surface area (Å²) in [7, 11) is -1.74. The Morgan fingerprint density at radius 1 is 1.44 bits per heavy atom. The summed E-state index contributed by atoms with van der Waals surface area (Å²) in [6.07, 6.45) is 1.90. The van der Waals surface area contributed by atoms with E-state index in [-0.39, 0.29) is 11.9 Å². The van der Waals surface area contributed by atoms with Crippen molar-refractivity contribution in [3.8, 4) is 0 Å². The molecule has 5 nitrogen and oxygen atoms in total. The zero-order valence-corrected chi connectivity index (χ0v) is 10.5. The van der Waals surface area contributed by atoms with E-state index in [1.807, 2.05) is 0 Å². The quantitative estimate of drug-likeness (QED) is 0.730. The van der Waals surface area contributed by atoms with Crippen molar-refractivity contribution in [2.75, 3.05) is 0 Å². The van der Waals surface area contributed by atoms with Gasteiger partial charge >= 0.3 is 5.97 Å². The molecule has 16 heavy (non-hydrogen) atoms. The van der Waals surface area contributed by atoms with Crippen molar-refractivity contribution in [1.29, 1.82) is 0 Å². The van der Waals surface area contributed by atoms with E-state index >= 15 is 0 Å². The summed E-state index contributed by atoms with van der Waals surface area (Å²) in [6, 6.07) is 0.194. The lowest BCUT2D eigenvalue weighted by Crippen LogP contribution is -2.46. The van der Waals surface area contributed by atoms with Gasteiger partial charge in [-0.15, -0.1) is 0 Å². The molecule has 0 bridgehead atoms. The molecule has 2 N–H and O–H groups in total. The minimum atomic E-state index is -1.74. The first-order chi connectivity index (χ1) is 7.26. The predicted molar refractivity (Wildman–Crippen MR) is 60.5 cm³/mol. The Hall–Kier alpha value is -0.910. The molecule has 0 aromatic heterocycles. The largest absolute Gasteiger partial charge is 0.480 e. The SMILES string of the molecule is CC(C(=O)NC1CC1)S(=O)C(C)(C)C(=O)O. The van der Waals surface area contributed by atoms with Crippen LogP contribution in [0.3, 0.4) is 0 Å². The number of aliphatic carboxylic acids is 1. The highest BCUT2D eigenvalue weighted by Crippen LogP contribution is 2.21. The molecule has 2 atom stereocenters. The van der Waals surface area contributed by atoms with Crippen LogP contribution in [0, 0.1) is 0 Å². The molecular weight excluding hydrogens is 230 g/mol. The number of hydrogen-bond acceptors (Lipinski definition) is 3. The van der Waals surface area contributed by atoms with Gasteiger partial charge in [0, 0.05) is 6.04 Å². The number of hydrogen-bond donors (Lipinski definition) is 2. The van der Waals surface area contributed by atoms with Gasteiger partial charge in [-0.3, -0.25) is 13.8 Å². The molecule has 1 amide bonds. The zero-order valence-electron chi connectivity index (χ0n) is 9.65. The first kappa shape index (κ1) is 13.2. The number of carboxylic acids is 1. The zero-order chi connectivity index (χ0) is 12.5. The molecule has 92 valence electrons. The maximum absolute atomic E-state index is 11.9. The van der Waals surface area contributed by atoms with E-state index in [0.717, 1.165) is 12.8 Å². The molecule has 0 heterocycles. The summed E-state index contributed by atoms with van der Waals surface area (Å²) in [5.74, 6) is -1.48. The van der Waals surface area contributed by atoms with E-state index in [1.165, 1.54) is 20.8 Å². The number of carboxylic acid groups (broad SMARTS) is 1. The molecule has 0 saturated heterocycles. The van der Waals surface area contributed by atoms with Gasteiger partial charge in [0.05, 0.1) is 10.8 Å². The van der Waals surface area contributed by atoms with Crippen molar-refractivity contribution < 1.29 is 18.9 Å². The van der Waals surface area contributed by atoms with Crippen LogP contribution in [0.2, 0.25) is 0 Å². The van der Waals surface area contributed by atoms with Crippen molar-refractivity contribution in [3.05, 3.63) is 0 Å². The Kier molecular flexibility index (Phi) is 3.72. The smallest absolute Gasteiger partial charge is 0.321 e. The first-order valence-corrected chi connectivity index (χ1v) is 6.42. The second kappa shape index (κ2) is 4.53. The van der Waals surface area contributed by atoms with Crippen LogP contribution in [-0.2, 0) is 20.4 Å². The highest BCUT2D eigenvalue weighted by Gasteiger charge is 2.40. The van der Waals surface area contributed by atoms with Gasteiger partial charge in [-0.05, 0) is 33.6 Å². The summed E-state index contributed by atoms with van der Waals surface area (Å²) in [6.45, 7) is 4.23. The second-order valence-electron chi connectivity index (χ2n) is 4.54. The van der Waals surface area contributed by atoms with Crippen molar-refractivity contribution >= 4 is 22.7 Å². The molecule has 2 unspecified atom stereocenters. The number of nitrogens with one attached hydrogen (secondary N) is 1. The van der Waals surface area contributed by atoms with Gasteiger partial charge < -0.3 is 10.4 Å². The molecule has 0 spiro atoms. The molecule has 1 saturated carbocycles. The van der Waals surface area contributed by atoms with Gasteiger partial charge in [0.2, 0.25) is 5.91 Å². The molecule has 0 radical (unpaired) electrons. The average molecular weight is 247 g/mol. The average Bonchev–Trinajstić information content (AvgIpc) is 2.98. The molecule has 1 rings (SSSR count). The molecule has 1 fully saturated rings. The maximum Gasteiger partial charge on any atom is 0.321 e. The first-order valence-electron chi connectivity index (χ1n) is 5.21. The second-order valence-corrected chi connectivity index (χ2v) is 6.86. The van der Waals surface area contributed by atoms with Gasteiger partial charge in [0.1, 0.15) is 10.00 Å². The fourth-order valence-corrected chi connectivity index (χ4v) is 2.49. The van der Waals surface area contributed by atoms with Crippen LogP contribution in [0.1, 0.15) is 33.6 Å². The Morgan fingerprint density at radius 2 is 1.94 bits per heavy atom. The lowest BCUT2D eigenvalue weighted by molar-refractivity contribution is -0.139. The van der Waals surface area contributed by atoms with Crippen molar-refractivity contribution in [3.63, 3.8) is 0 Å². The topological polar surface area (TPSA) is 83.5 Å². The fraction of sp³-hybridized carbons (Fsp3) is 0.800. The summed E-state index contributed by atoms with van der Waals surface area (Å²) < 4.78 is 10.5. The van der Waals surface area contributed by atoms with Gasteiger partial charge in [-0.2, -0.15) is 0 Å². The minimum Gasteiger partial charge on any atom is -0.480 e. The van der Waals surface area contributed by atoms with Crippen molar-refractivity contribution in [1.82, 2.24) is 5.32 Å². The standard InChI is InChI=1S/C10H17NO4S/c1-6(8(12)11-7-4-5-7)16(15)10(2,3)9(13)14/h6-7H,4-5H2,1-3H3,(H,11,12)(H,13,14). The van der Waals surface area contributed by atoms with E-state index in [1.54, 1.807) is 0 Å². The van der Waals surface area contributed by atoms with E-state index in [9.17, 15) is 13.8 Å². The Morgan fingerprint density at radius 3 is 2.31 bits per heavy atom. The normalized spacial score (nSPS) is 19.9. The van der Waals surface area contributed by atoms with Crippen molar-refractivity contribution in [2.24, 2.45) is 0 Å². The Bertz CT molecular complexity index is 336. The summed E-state index contributed by atoms with van der Waals surface area (Å²) in [5.41, 5.74) is 0. The third-order valence-corrected chi connectivity index (χ3v) is 4.67. The van der Waals surface area contributed by atoms with Gasteiger partial charge in [-0.25, -0.2) is 0 Å². The molecule has 0 aromatic carbocycles. The molecular formula is C10H17NO4S. The lowest BCUT2D eigenvalue weighted by Gasteiger charge is -2.22. The summed E-state index contributed by atoms with van der Waals surface area (Å²) in [5, 5.41) is 10.8. The third kappa shape index (κ3) is 2.81. The molecule has 6 heteroatoms. The molecule has 0 aromatic rings.